The quantitative estimate of drug-likeness (QED) is 0.297. The van der Waals surface area contributed by atoms with Gasteiger partial charge in [-0.1, -0.05) is 20.3 Å². The lowest BCUT2D eigenvalue weighted by Gasteiger charge is -2.18. The molecule has 27 heavy (non-hydrogen) atoms. The first-order valence-electron chi connectivity index (χ1n) is 9.92. The van der Waals surface area contributed by atoms with Crippen LogP contribution in [0, 0.1) is 0 Å². The topological polar surface area (TPSA) is 91.4 Å². The molecule has 1 aliphatic rings. The van der Waals surface area contributed by atoms with Crippen molar-refractivity contribution in [3.63, 3.8) is 0 Å². The van der Waals surface area contributed by atoms with Crippen LogP contribution in [0.1, 0.15) is 65.2 Å². The fourth-order valence-corrected chi connectivity index (χ4v) is 2.46. The molecule has 1 fully saturated rings. The second kappa shape index (κ2) is 14.5. The van der Waals surface area contributed by atoms with Gasteiger partial charge in [0.25, 0.3) is 11.8 Å². The van der Waals surface area contributed by atoms with Crippen molar-refractivity contribution in [1.82, 2.24) is 5.06 Å². The van der Waals surface area contributed by atoms with E-state index < -0.39 is 17.8 Å². The van der Waals surface area contributed by atoms with Crippen molar-refractivity contribution in [3.05, 3.63) is 0 Å². The summed E-state index contributed by atoms with van der Waals surface area (Å²) in [4.78, 5) is 39.2. The number of unbranched alkanes of at least 4 members (excludes halogenated alkanes) is 2. The van der Waals surface area contributed by atoms with E-state index in [9.17, 15) is 14.4 Å². The SMILES string of the molecule is CCCOCC(COCCCCCC(=O)ON1C(=O)CCC1=O)OCCC. The Hall–Kier alpha value is -1.51. The smallest absolute Gasteiger partial charge is 0.333 e. The third-order valence-corrected chi connectivity index (χ3v) is 3.88. The molecule has 1 saturated heterocycles. The molecule has 0 N–H and O–H groups in total. The minimum Gasteiger partial charge on any atom is -0.379 e. The number of hydrogen-bond donors (Lipinski definition) is 0. The monoisotopic (exact) mass is 387 g/mol. The van der Waals surface area contributed by atoms with Gasteiger partial charge in [0.1, 0.15) is 6.10 Å². The van der Waals surface area contributed by atoms with Gasteiger partial charge in [0.2, 0.25) is 0 Å². The number of hydroxylamine groups is 2. The average molecular weight is 387 g/mol. The number of imide groups is 1. The molecule has 0 aromatic heterocycles. The molecule has 1 rings (SSSR count). The summed E-state index contributed by atoms with van der Waals surface area (Å²) >= 11 is 0. The zero-order valence-corrected chi connectivity index (χ0v) is 16.6. The van der Waals surface area contributed by atoms with Gasteiger partial charge >= 0.3 is 5.97 Å². The van der Waals surface area contributed by atoms with Gasteiger partial charge in [-0.05, 0) is 25.7 Å². The summed E-state index contributed by atoms with van der Waals surface area (Å²) < 4.78 is 16.9. The van der Waals surface area contributed by atoms with Gasteiger partial charge in [-0.2, -0.15) is 0 Å². The molecule has 1 unspecified atom stereocenters. The normalized spacial score (nSPS) is 15.4. The van der Waals surface area contributed by atoms with Gasteiger partial charge in [-0.15, -0.1) is 5.06 Å². The van der Waals surface area contributed by atoms with Gasteiger partial charge in [0.05, 0.1) is 13.2 Å². The largest absolute Gasteiger partial charge is 0.379 e. The molecular weight excluding hydrogens is 354 g/mol. The van der Waals surface area contributed by atoms with E-state index in [2.05, 4.69) is 13.8 Å². The highest BCUT2D eigenvalue weighted by molar-refractivity contribution is 6.01. The van der Waals surface area contributed by atoms with E-state index in [0.29, 0.717) is 37.9 Å². The Bertz CT molecular complexity index is 439. The Morgan fingerprint density at radius 2 is 1.56 bits per heavy atom. The maximum Gasteiger partial charge on any atom is 0.333 e. The molecule has 156 valence electrons. The summed E-state index contributed by atoms with van der Waals surface area (Å²) in [6, 6.07) is 0. The highest BCUT2D eigenvalue weighted by Crippen LogP contribution is 2.13. The summed E-state index contributed by atoms with van der Waals surface area (Å²) in [5, 5.41) is 0.586. The molecule has 2 amide bonds. The maximum atomic E-state index is 11.7. The van der Waals surface area contributed by atoms with Gasteiger partial charge < -0.3 is 19.0 Å². The number of amides is 2. The lowest BCUT2D eigenvalue weighted by molar-refractivity contribution is -0.197. The van der Waals surface area contributed by atoms with E-state index in [1.165, 1.54) is 0 Å². The summed E-state index contributed by atoms with van der Waals surface area (Å²) in [6.07, 6.45) is 4.49. The molecular formula is C19H33NO7. The average Bonchev–Trinajstić information content (AvgIpc) is 2.96. The minimum absolute atomic E-state index is 0.0537. The van der Waals surface area contributed by atoms with Crippen LogP contribution in [0.25, 0.3) is 0 Å². The molecule has 8 heteroatoms. The summed E-state index contributed by atoms with van der Waals surface area (Å²) in [6.45, 7) is 7.14. The van der Waals surface area contributed by atoms with E-state index in [-0.39, 0.29) is 25.4 Å². The van der Waals surface area contributed by atoms with Crippen LogP contribution in [0.2, 0.25) is 0 Å². The first-order valence-corrected chi connectivity index (χ1v) is 9.92. The molecule has 1 aliphatic heterocycles. The van der Waals surface area contributed by atoms with Crippen molar-refractivity contribution in [2.75, 3.05) is 33.0 Å². The Balaban J connectivity index is 2.05. The predicted molar refractivity (Wildman–Crippen MR) is 97.6 cm³/mol. The van der Waals surface area contributed by atoms with Gasteiger partial charge in [-0.25, -0.2) is 4.79 Å². The fourth-order valence-electron chi connectivity index (χ4n) is 2.46. The number of nitrogens with zero attached hydrogens (tertiary/aromatic N) is 1. The molecule has 0 aromatic rings. The van der Waals surface area contributed by atoms with Crippen LogP contribution < -0.4 is 0 Å². The molecule has 8 nitrogen and oxygen atoms in total. The van der Waals surface area contributed by atoms with E-state index in [4.69, 9.17) is 19.0 Å². The molecule has 0 aromatic carbocycles. The van der Waals surface area contributed by atoms with E-state index in [0.717, 1.165) is 32.3 Å². The molecule has 0 aliphatic carbocycles. The summed E-state index contributed by atoms with van der Waals surface area (Å²) in [7, 11) is 0. The van der Waals surface area contributed by atoms with Crippen molar-refractivity contribution in [2.45, 2.75) is 71.3 Å². The second-order valence-corrected chi connectivity index (χ2v) is 6.50. The minimum atomic E-state index is -0.555. The predicted octanol–water partition coefficient (Wildman–Crippen LogP) is 2.39. The van der Waals surface area contributed by atoms with Crippen LogP contribution in [0.15, 0.2) is 0 Å². The highest BCUT2D eigenvalue weighted by Gasteiger charge is 2.32. The Morgan fingerprint density at radius 3 is 2.19 bits per heavy atom. The van der Waals surface area contributed by atoms with Crippen molar-refractivity contribution in [3.8, 4) is 0 Å². The van der Waals surface area contributed by atoms with Crippen molar-refractivity contribution >= 4 is 17.8 Å². The van der Waals surface area contributed by atoms with Gasteiger partial charge in [0, 0.05) is 39.1 Å². The molecule has 0 spiro atoms. The standard InChI is InChI=1S/C19H33NO7/c1-3-11-24-14-16(26-12-4-2)15-25-13-7-5-6-8-19(23)27-20-17(21)9-10-18(20)22/h16H,3-15H2,1-2H3. The highest BCUT2D eigenvalue weighted by atomic mass is 16.7. The number of carbonyl (C=O) groups is 3. The number of ether oxygens (including phenoxy) is 3. The van der Waals surface area contributed by atoms with E-state index in [1.54, 1.807) is 0 Å². The van der Waals surface area contributed by atoms with Crippen LogP contribution in [0.4, 0.5) is 0 Å². The zero-order valence-electron chi connectivity index (χ0n) is 16.6. The van der Waals surface area contributed by atoms with Crippen molar-refractivity contribution < 1.29 is 33.4 Å². The first kappa shape index (κ1) is 23.5. The van der Waals surface area contributed by atoms with Crippen molar-refractivity contribution in [2.24, 2.45) is 0 Å². The van der Waals surface area contributed by atoms with E-state index >= 15 is 0 Å². The lowest BCUT2D eigenvalue weighted by Crippen LogP contribution is -2.31. The molecule has 0 radical (unpaired) electrons. The number of carbonyl (C=O) groups excluding carboxylic acids is 3. The number of rotatable bonds is 16. The van der Waals surface area contributed by atoms with Crippen LogP contribution in [-0.2, 0) is 33.4 Å². The summed E-state index contributed by atoms with van der Waals surface area (Å²) in [5.41, 5.74) is 0. The Labute approximate surface area is 161 Å². The Kier molecular flexibility index (Phi) is 12.7. The Morgan fingerprint density at radius 1 is 0.926 bits per heavy atom. The van der Waals surface area contributed by atoms with Crippen LogP contribution >= 0.6 is 0 Å². The maximum absolute atomic E-state index is 11.7. The van der Waals surface area contributed by atoms with Crippen LogP contribution in [0.3, 0.4) is 0 Å². The van der Waals surface area contributed by atoms with E-state index in [1.807, 2.05) is 0 Å². The molecule has 1 heterocycles. The molecule has 0 bridgehead atoms. The lowest BCUT2D eigenvalue weighted by atomic mass is 10.2. The fraction of sp³-hybridized carbons (Fsp3) is 0.842. The van der Waals surface area contributed by atoms with Crippen LogP contribution in [0.5, 0.6) is 0 Å². The van der Waals surface area contributed by atoms with Crippen LogP contribution in [-0.4, -0.2) is 62.0 Å². The zero-order chi connectivity index (χ0) is 19.9. The summed E-state index contributed by atoms with van der Waals surface area (Å²) in [5.74, 6) is -1.46. The van der Waals surface area contributed by atoms with Gasteiger partial charge in [-0.3, -0.25) is 9.59 Å². The molecule has 1 atom stereocenters. The van der Waals surface area contributed by atoms with Gasteiger partial charge in [0.15, 0.2) is 0 Å². The molecule has 0 saturated carbocycles. The third kappa shape index (κ3) is 10.4. The van der Waals surface area contributed by atoms with Crippen molar-refractivity contribution in [1.29, 1.82) is 0 Å². The second-order valence-electron chi connectivity index (χ2n) is 6.50. The number of hydrogen-bond acceptors (Lipinski definition) is 7. The third-order valence-electron chi connectivity index (χ3n) is 3.88. The first-order chi connectivity index (χ1) is 13.1.